The van der Waals surface area contributed by atoms with Gasteiger partial charge in [-0.15, -0.1) is 0 Å². The van der Waals surface area contributed by atoms with Crippen molar-refractivity contribution in [3.8, 4) is 5.75 Å². The zero-order valence-corrected chi connectivity index (χ0v) is 13.4. The Morgan fingerprint density at radius 1 is 1.24 bits per heavy atom. The van der Waals surface area contributed by atoms with Crippen LogP contribution in [0.3, 0.4) is 0 Å². The monoisotopic (exact) mass is 304 g/mol. The van der Waals surface area contributed by atoms with E-state index in [2.05, 4.69) is 4.98 Å². The van der Waals surface area contributed by atoms with Gasteiger partial charge in [0.1, 0.15) is 17.3 Å². The van der Waals surface area contributed by atoms with Gasteiger partial charge in [0, 0.05) is 11.6 Å². The molecule has 0 saturated heterocycles. The van der Waals surface area contributed by atoms with E-state index < -0.39 is 0 Å². The van der Waals surface area contributed by atoms with E-state index in [-0.39, 0.29) is 10.6 Å². The number of thiocarbonyl (C=S) groups is 1. The van der Waals surface area contributed by atoms with Crippen molar-refractivity contribution >= 4 is 28.1 Å². The molecule has 2 aromatic rings. The van der Waals surface area contributed by atoms with Crippen LogP contribution in [0.4, 0.5) is 0 Å². The first-order chi connectivity index (χ1) is 9.88. The number of rotatable bonds is 5. The first-order valence-electron chi connectivity index (χ1n) is 6.83. The first kappa shape index (κ1) is 15.7. The molecule has 1 aromatic heterocycles. The molecule has 4 nitrogen and oxygen atoms in total. The van der Waals surface area contributed by atoms with Gasteiger partial charge >= 0.3 is 0 Å². The fourth-order valence-electron chi connectivity index (χ4n) is 1.94. The average Bonchev–Trinajstić information content (AvgIpc) is 2.42. The van der Waals surface area contributed by atoms with Crippen LogP contribution in [0, 0.1) is 0 Å². The van der Waals surface area contributed by atoms with Gasteiger partial charge < -0.3 is 15.2 Å². The van der Waals surface area contributed by atoms with Crippen molar-refractivity contribution in [2.24, 2.45) is 5.73 Å². The summed E-state index contributed by atoms with van der Waals surface area (Å²) in [6.45, 7) is 6.96. The maximum Gasteiger partial charge on any atom is 0.140 e. The quantitative estimate of drug-likeness (QED) is 0.679. The van der Waals surface area contributed by atoms with E-state index in [1.165, 1.54) is 0 Å². The maximum absolute atomic E-state index is 5.87. The second-order valence-corrected chi connectivity index (χ2v) is 6.13. The van der Waals surface area contributed by atoms with E-state index in [9.17, 15) is 0 Å². The van der Waals surface area contributed by atoms with Gasteiger partial charge in [0.2, 0.25) is 0 Å². The summed E-state index contributed by atoms with van der Waals surface area (Å²) in [4.78, 5) is 4.63. The van der Waals surface area contributed by atoms with E-state index in [4.69, 9.17) is 27.4 Å². The van der Waals surface area contributed by atoms with Crippen LogP contribution >= 0.6 is 12.2 Å². The van der Waals surface area contributed by atoms with Gasteiger partial charge in [0.05, 0.1) is 23.3 Å². The van der Waals surface area contributed by atoms with Gasteiger partial charge in [0.15, 0.2) is 0 Å². The van der Waals surface area contributed by atoms with Crippen LogP contribution < -0.4 is 10.5 Å². The van der Waals surface area contributed by atoms with E-state index in [1.54, 1.807) is 6.20 Å². The fourth-order valence-corrected chi connectivity index (χ4v) is 2.08. The Kier molecular flexibility index (Phi) is 4.75. The summed E-state index contributed by atoms with van der Waals surface area (Å²) in [6.07, 6.45) is 1.66. The number of ether oxygens (including phenoxy) is 2. The largest absolute Gasteiger partial charge is 0.490 e. The van der Waals surface area contributed by atoms with Gasteiger partial charge in [-0.2, -0.15) is 0 Å². The minimum absolute atomic E-state index is 0.185. The molecule has 1 heterocycles. The molecule has 2 rings (SSSR count). The molecule has 112 valence electrons. The van der Waals surface area contributed by atoms with Crippen molar-refractivity contribution in [3.63, 3.8) is 0 Å². The molecule has 0 unspecified atom stereocenters. The third kappa shape index (κ3) is 4.12. The Balaban J connectivity index is 2.23. The first-order valence-corrected chi connectivity index (χ1v) is 7.23. The third-order valence-corrected chi connectivity index (χ3v) is 3.08. The fraction of sp³-hybridized carbons (Fsp3) is 0.375. The number of hydrogen-bond acceptors (Lipinski definition) is 4. The Labute approximate surface area is 130 Å². The van der Waals surface area contributed by atoms with E-state index in [1.807, 2.05) is 45.0 Å². The zero-order chi connectivity index (χ0) is 15.5. The number of pyridine rings is 1. The molecule has 1 aromatic carbocycles. The number of aromatic nitrogens is 1. The lowest BCUT2D eigenvalue weighted by molar-refractivity contribution is -0.0161. The molecule has 0 saturated carbocycles. The molecular formula is C16H20N2O2S. The zero-order valence-electron chi connectivity index (χ0n) is 12.6. The number of para-hydroxylation sites is 1. The van der Waals surface area contributed by atoms with Gasteiger partial charge in [-0.3, -0.25) is 4.98 Å². The standard InChI is InChI=1S/C16H20N2O2S/c1-16(2,3)20-9-8-19-14-11-6-4-5-7-13(11)18-10-12(14)15(17)21/h4-7,10H,8-9H2,1-3H3,(H2,17,21). The van der Waals surface area contributed by atoms with Crippen LogP contribution in [-0.2, 0) is 4.74 Å². The number of fused-ring (bicyclic) bond motifs is 1. The molecule has 0 amide bonds. The molecule has 0 fully saturated rings. The Morgan fingerprint density at radius 2 is 1.95 bits per heavy atom. The SMILES string of the molecule is CC(C)(C)OCCOc1c(C(N)=S)cnc2ccccc12. The molecular weight excluding hydrogens is 284 g/mol. The second-order valence-electron chi connectivity index (χ2n) is 5.69. The smallest absolute Gasteiger partial charge is 0.140 e. The van der Waals surface area contributed by atoms with Gasteiger partial charge in [0.25, 0.3) is 0 Å². The molecule has 5 heteroatoms. The highest BCUT2D eigenvalue weighted by Crippen LogP contribution is 2.28. The van der Waals surface area contributed by atoms with Crippen molar-refractivity contribution in [2.75, 3.05) is 13.2 Å². The number of benzene rings is 1. The van der Waals surface area contributed by atoms with Crippen molar-refractivity contribution in [2.45, 2.75) is 26.4 Å². The number of nitrogens with zero attached hydrogens (tertiary/aromatic N) is 1. The molecule has 0 aliphatic carbocycles. The highest BCUT2D eigenvalue weighted by molar-refractivity contribution is 7.80. The molecule has 21 heavy (non-hydrogen) atoms. The Morgan fingerprint density at radius 3 is 2.62 bits per heavy atom. The summed E-state index contributed by atoms with van der Waals surface area (Å²) >= 11 is 5.08. The van der Waals surface area contributed by atoms with E-state index >= 15 is 0 Å². The van der Waals surface area contributed by atoms with Crippen LogP contribution in [-0.4, -0.2) is 28.8 Å². The predicted octanol–water partition coefficient (Wildman–Crippen LogP) is 3.06. The van der Waals surface area contributed by atoms with Crippen molar-refractivity contribution in [1.82, 2.24) is 4.98 Å². The molecule has 2 N–H and O–H groups in total. The van der Waals surface area contributed by atoms with Crippen LogP contribution in [0.25, 0.3) is 10.9 Å². The minimum Gasteiger partial charge on any atom is -0.490 e. The van der Waals surface area contributed by atoms with Crippen LogP contribution in [0.15, 0.2) is 30.5 Å². The second kappa shape index (κ2) is 6.37. The van der Waals surface area contributed by atoms with Crippen molar-refractivity contribution < 1.29 is 9.47 Å². The molecule has 0 spiro atoms. The molecule has 0 radical (unpaired) electrons. The molecule has 0 aliphatic rings. The van der Waals surface area contributed by atoms with Crippen LogP contribution in [0.1, 0.15) is 26.3 Å². The minimum atomic E-state index is -0.185. The summed E-state index contributed by atoms with van der Waals surface area (Å²) < 4.78 is 11.5. The number of hydrogen-bond donors (Lipinski definition) is 1. The number of nitrogens with two attached hydrogens (primary N) is 1. The summed E-state index contributed by atoms with van der Waals surface area (Å²) in [5, 5.41) is 0.901. The van der Waals surface area contributed by atoms with Crippen LogP contribution in [0.2, 0.25) is 0 Å². The normalized spacial score (nSPS) is 11.6. The predicted molar refractivity (Wildman–Crippen MR) is 88.8 cm³/mol. The van der Waals surface area contributed by atoms with E-state index in [0.29, 0.717) is 24.5 Å². The highest BCUT2D eigenvalue weighted by atomic mass is 32.1. The third-order valence-electron chi connectivity index (χ3n) is 2.86. The molecule has 0 bridgehead atoms. The lowest BCUT2D eigenvalue weighted by atomic mass is 10.1. The molecule has 0 aliphatic heterocycles. The maximum atomic E-state index is 5.87. The lowest BCUT2D eigenvalue weighted by Crippen LogP contribution is -2.23. The average molecular weight is 304 g/mol. The highest BCUT2D eigenvalue weighted by Gasteiger charge is 2.13. The van der Waals surface area contributed by atoms with Gasteiger partial charge in [-0.05, 0) is 32.9 Å². The van der Waals surface area contributed by atoms with Crippen molar-refractivity contribution in [3.05, 3.63) is 36.0 Å². The van der Waals surface area contributed by atoms with Gasteiger partial charge in [-0.25, -0.2) is 0 Å². The summed E-state index contributed by atoms with van der Waals surface area (Å²) in [5.41, 5.74) is 7.08. The van der Waals surface area contributed by atoms with Gasteiger partial charge in [-0.1, -0.05) is 24.4 Å². The van der Waals surface area contributed by atoms with E-state index in [0.717, 1.165) is 10.9 Å². The Bertz CT molecular complexity index is 650. The Hall–Kier alpha value is -1.72. The van der Waals surface area contributed by atoms with Crippen LogP contribution in [0.5, 0.6) is 5.75 Å². The summed E-state index contributed by atoms with van der Waals surface area (Å²) in [7, 11) is 0. The topological polar surface area (TPSA) is 57.4 Å². The molecule has 0 atom stereocenters. The summed E-state index contributed by atoms with van der Waals surface area (Å²) in [5.74, 6) is 0.672. The lowest BCUT2D eigenvalue weighted by Gasteiger charge is -2.20. The van der Waals surface area contributed by atoms with Crippen molar-refractivity contribution in [1.29, 1.82) is 0 Å². The summed E-state index contributed by atoms with van der Waals surface area (Å²) in [6, 6.07) is 7.75.